The molecule has 2 aromatic carbocycles. The van der Waals surface area contributed by atoms with Crippen molar-refractivity contribution < 1.29 is 17.9 Å². The molecule has 5 rings (SSSR count). The minimum Gasteiger partial charge on any atom is -0.497 e. The number of nitrogens with zero attached hydrogens (tertiary/aromatic N) is 1. The highest BCUT2D eigenvalue weighted by molar-refractivity contribution is 7.92. The van der Waals surface area contributed by atoms with E-state index in [-0.39, 0.29) is 23.9 Å². The first-order chi connectivity index (χ1) is 15.3. The van der Waals surface area contributed by atoms with Crippen molar-refractivity contribution in [3.8, 4) is 5.75 Å². The number of sulfonamides is 1. The van der Waals surface area contributed by atoms with E-state index in [2.05, 4.69) is 38.0 Å². The Morgan fingerprint density at radius 2 is 2.06 bits per heavy atom. The van der Waals surface area contributed by atoms with Crippen molar-refractivity contribution in [3.05, 3.63) is 47.5 Å². The monoisotopic (exact) mass is 473 g/mol. The van der Waals surface area contributed by atoms with Gasteiger partial charge in [0.2, 0.25) is 15.9 Å². The molecule has 0 spiro atoms. The van der Waals surface area contributed by atoms with Crippen molar-refractivity contribution in [3.63, 3.8) is 0 Å². The van der Waals surface area contributed by atoms with Crippen LogP contribution in [0, 0.1) is 5.92 Å². The first-order valence-electron chi connectivity index (χ1n) is 10.2. The van der Waals surface area contributed by atoms with E-state index in [1.54, 1.807) is 25.3 Å². The zero-order valence-electron chi connectivity index (χ0n) is 17.5. The van der Waals surface area contributed by atoms with E-state index in [1.807, 2.05) is 6.07 Å². The molecule has 168 valence electrons. The Morgan fingerprint density at radius 1 is 1.22 bits per heavy atom. The number of hydrogen-bond acceptors (Lipinski definition) is 8. The number of methoxy groups -OCH3 is 1. The summed E-state index contributed by atoms with van der Waals surface area (Å²) in [6.45, 7) is 0. The van der Waals surface area contributed by atoms with Gasteiger partial charge in [0.15, 0.2) is 5.13 Å². The van der Waals surface area contributed by atoms with E-state index >= 15 is 0 Å². The molecule has 3 aromatic rings. The molecule has 1 saturated heterocycles. The average Bonchev–Trinajstić information content (AvgIpc) is 3.35. The lowest BCUT2D eigenvalue weighted by atomic mass is 9.77. The fourth-order valence-electron chi connectivity index (χ4n) is 4.46. The highest BCUT2D eigenvalue weighted by Gasteiger charge is 2.43. The third kappa shape index (κ3) is 4.04. The summed E-state index contributed by atoms with van der Waals surface area (Å²) >= 11 is 1.22. The average molecular weight is 474 g/mol. The molecule has 2 aliphatic rings. The van der Waals surface area contributed by atoms with E-state index in [4.69, 9.17) is 4.74 Å². The minimum absolute atomic E-state index is 0.0639. The van der Waals surface area contributed by atoms with Gasteiger partial charge in [0, 0.05) is 11.6 Å². The normalized spacial score (nSPS) is 22.2. The number of amides is 1. The maximum absolute atomic E-state index is 13.1. The van der Waals surface area contributed by atoms with Gasteiger partial charge < -0.3 is 10.1 Å². The molecule has 11 heteroatoms. The van der Waals surface area contributed by atoms with Crippen LogP contribution in [0.3, 0.4) is 0 Å². The molecule has 3 atom stereocenters. The first-order valence-corrected chi connectivity index (χ1v) is 12.9. The molecule has 2 heterocycles. The van der Waals surface area contributed by atoms with Crippen molar-refractivity contribution in [2.75, 3.05) is 23.4 Å². The van der Waals surface area contributed by atoms with Gasteiger partial charge in [-0.15, -0.1) is 0 Å². The second-order valence-electron chi connectivity index (χ2n) is 8.08. The van der Waals surface area contributed by atoms with Crippen LogP contribution in [0.4, 0.5) is 10.8 Å². The summed E-state index contributed by atoms with van der Waals surface area (Å²) in [4.78, 5) is 17.3. The summed E-state index contributed by atoms with van der Waals surface area (Å²) in [6, 6.07) is 11.1. The van der Waals surface area contributed by atoms with Crippen LogP contribution in [0.2, 0.25) is 0 Å². The molecule has 1 aliphatic heterocycles. The van der Waals surface area contributed by atoms with Gasteiger partial charge in [-0.2, -0.15) is 0 Å². The fourth-order valence-corrected chi connectivity index (χ4v) is 6.20. The number of fused-ring (bicyclic) bond motifs is 4. The number of hydrogen-bond donors (Lipinski definition) is 4. The smallest absolute Gasteiger partial charge is 0.243 e. The van der Waals surface area contributed by atoms with Crippen LogP contribution in [0.1, 0.15) is 23.6 Å². The van der Waals surface area contributed by atoms with E-state index < -0.39 is 10.0 Å². The van der Waals surface area contributed by atoms with Crippen LogP contribution in [-0.4, -0.2) is 38.7 Å². The molecule has 0 radical (unpaired) electrons. The minimum atomic E-state index is -3.40. The van der Waals surface area contributed by atoms with Gasteiger partial charge >= 0.3 is 0 Å². The van der Waals surface area contributed by atoms with Gasteiger partial charge in [0.1, 0.15) is 11.8 Å². The number of thiazole rings is 1. The number of carbonyl (C=O) groups is 1. The molecule has 3 unspecified atom stereocenters. The number of nitrogens with one attached hydrogen (secondary N) is 4. The first kappa shape index (κ1) is 21.1. The van der Waals surface area contributed by atoms with E-state index in [1.165, 1.54) is 22.5 Å². The highest BCUT2D eigenvalue weighted by Crippen LogP contribution is 2.40. The number of aromatic nitrogens is 1. The lowest BCUT2D eigenvalue weighted by molar-refractivity contribution is -0.118. The molecule has 4 N–H and O–H groups in total. The summed E-state index contributed by atoms with van der Waals surface area (Å²) in [5.41, 5.74) is 10.2. The lowest BCUT2D eigenvalue weighted by Crippen LogP contribution is -2.42. The van der Waals surface area contributed by atoms with Gasteiger partial charge in [-0.1, -0.05) is 17.4 Å². The van der Waals surface area contributed by atoms with Gasteiger partial charge in [-0.3, -0.25) is 9.52 Å². The molecule has 32 heavy (non-hydrogen) atoms. The van der Waals surface area contributed by atoms with Crippen LogP contribution in [-0.2, 0) is 21.2 Å². The summed E-state index contributed by atoms with van der Waals surface area (Å²) in [6.07, 6.45) is 2.86. The van der Waals surface area contributed by atoms with Gasteiger partial charge in [0.05, 0.1) is 29.6 Å². The van der Waals surface area contributed by atoms with Gasteiger partial charge in [-0.25, -0.2) is 24.3 Å². The largest absolute Gasteiger partial charge is 0.497 e. The molecule has 0 bridgehead atoms. The fraction of sp³-hybridized carbons (Fsp3) is 0.333. The molecule has 1 aliphatic carbocycles. The van der Waals surface area contributed by atoms with E-state index in [0.29, 0.717) is 16.3 Å². The standard InChI is InChI=1S/C21H23N5O4S2/c1-30-13-5-7-14-11(9-13)3-6-15-18(14)24-25-19(15)20(27)22-12-4-8-16-17(10-12)31-21(23-16)26-32(2,28)29/h4-5,7-10,15,18-19,24-25H,3,6H2,1-2H3,(H,22,27)(H,23,26). The predicted molar refractivity (Wildman–Crippen MR) is 124 cm³/mol. The van der Waals surface area contributed by atoms with Gasteiger partial charge in [0.25, 0.3) is 0 Å². The number of rotatable bonds is 5. The number of hydrazine groups is 1. The van der Waals surface area contributed by atoms with Crippen LogP contribution < -0.4 is 25.6 Å². The summed E-state index contributed by atoms with van der Waals surface area (Å²) in [5.74, 6) is 0.865. The summed E-state index contributed by atoms with van der Waals surface area (Å²) < 4.78 is 31.4. The maximum Gasteiger partial charge on any atom is 0.243 e. The maximum atomic E-state index is 13.1. The molecule has 1 aromatic heterocycles. The Balaban J connectivity index is 1.31. The van der Waals surface area contributed by atoms with Crippen molar-refractivity contribution >= 4 is 48.3 Å². The van der Waals surface area contributed by atoms with Gasteiger partial charge in [-0.05, 0) is 54.3 Å². The Hall–Kier alpha value is -2.73. The van der Waals surface area contributed by atoms with Crippen LogP contribution in [0.5, 0.6) is 5.75 Å². The topological polar surface area (TPSA) is 121 Å². The van der Waals surface area contributed by atoms with Crippen LogP contribution >= 0.6 is 11.3 Å². The van der Waals surface area contributed by atoms with Crippen LogP contribution in [0.15, 0.2) is 36.4 Å². The summed E-state index contributed by atoms with van der Waals surface area (Å²) in [5, 5.41) is 3.29. The molecule has 1 amide bonds. The third-order valence-corrected chi connectivity index (χ3v) is 7.52. The van der Waals surface area contributed by atoms with E-state index in [9.17, 15) is 13.2 Å². The SMILES string of the molecule is COc1ccc2c(c1)CCC1C(C(=O)Nc3ccc4nc(NS(C)(=O)=O)sc4c3)NNC21. The second kappa shape index (κ2) is 8.00. The Bertz CT molecular complexity index is 1310. The number of ether oxygens (including phenoxy) is 1. The Labute approximate surface area is 189 Å². The molecule has 9 nitrogen and oxygen atoms in total. The van der Waals surface area contributed by atoms with E-state index in [0.717, 1.165) is 29.5 Å². The quantitative estimate of drug-likeness (QED) is 0.449. The van der Waals surface area contributed by atoms with Crippen LogP contribution in [0.25, 0.3) is 10.2 Å². The number of carbonyl (C=O) groups excluding carboxylic acids is 1. The highest BCUT2D eigenvalue weighted by atomic mass is 32.2. The Kier molecular flexibility index (Phi) is 5.28. The summed E-state index contributed by atoms with van der Waals surface area (Å²) in [7, 11) is -1.73. The molecule has 0 saturated carbocycles. The zero-order chi connectivity index (χ0) is 22.5. The predicted octanol–water partition coefficient (Wildman–Crippen LogP) is 2.39. The molecular formula is C21H23N5O4S2. The molecular weight excluding hydrogens is 450 g/mol. The van der Waals surface area contributed by atoms with Crippen molar-refractivity contribution in [1.82, 2.24) is 15.8 Å². The zero-order valence-corrected chi connectivity index (χ0v) is 19.1. The number of benzene rings is 2. The number of anilines is 2. The second-order valence-corrected chi connectivity index (χ2v) is 10.9. The van der Waals surface area contributed by atoms with Crippen molar-refractivity contribution in [2.45, 2.75) is 24.9 Å². The lowest BCUT2D eigenvalue weighted by Gasteiger charge is -2.29. The van der Waals surface area contributed by atoms with Crippen molar-refractivity contribution in [1.29, 1.82) is 0 Å². The molecule has 1 fully saturated rings. The number of aryl methyl sites for hydroxylation is 1. The third-order valence-electron chi connectivity index (χ3n) is 5.89. The Morgan fingerprint density at radius 3 is 2.84 bits per heavy atom. The van der Waals surface area contributed by atoms with Crippen molar-refractivity contribution in [2.24, 2.45) is 5.92 Å².